The number of nitrogens with one attached hydrogen (secondary N) is 1. The summed E-state index contributed by atoms with van der Waals surface area (Å²) in [5.41, 5.74) is 0. The van der Waals surface area contributed by atoms with Crippen LogP contribution in [0.5, 0.6) is 0 Å². The van der Waals surface area contributed by atoms with E-state index < -0.39 is 0 Å². The highest BCUT2D eigenvalue weighted by Crippen LogP contribution is 2.26. The van der Waals surface area contributed by atoms with E-state index in [0.717, 1.165) is 24.5 Å². The van der Waals surface area contributed by atoms with E-state index in [4.69, 9.17) is 0 Å². The van der Waals surface area contributed by atoms with Crippen LogP contribution >= 0.6 is 0 Å². The van der Waals surface area contributed by atoms with Gasteiger partial charge in [-0.15, -0.1) is 0 Å². The van der Waals surface area contributed by atoms with Crippen LogP contribution in [0.3, 0.4) is 0 Å². The van der Waals surface area contributed by atoms with E-state index in [1.165, 1.54) is 19.3 Å². The molecule has 3 atom stereocenters. The van der Waals surface area contributed by atoms with Gasteiger partial charge in [-0.25, -0.2) is 0 Å². The van der Waals surface area contributed by atoms with Crippen molar-refractivity contribution < 1.29 is 0 Å². The average Bonchev–Trinajstić information content (AvgIpc) is 2.64. The molecule has 0 aromatic rings. The summed E-state index contributed by atoms with van der Waals surface area (Å²) < 4.78 is 0. The minimum Gasteiger partial charge on any atom is -0.313 e. The molecule has 0 spiro atoms. The zero-order chi connectivity index (χ0) is 11.4. The molecule has 1 fully saturated rings. The summed E-state index contributed by atoms with van der Waals surface area (Å²) in [6.45, 7) is 10.3. The SMILES string of the molecule is CCNC1CCCC1N(C)C(C)C(C)C. The molecule has 3 unspecified atom stereocenters. The van der Waals surface area contributed by atoms with Crippen molar-refractivity contribution in [3.63, 3.8) is 0 Å². The minimum atomic E-state index is 0.689. The van der Waals surface area contributed by atoms with E-state index in [-0.39, 0.29) is 0 Å². The molecule has 1 N–H and O–H groups in total. The van der Waals surface area contributed by atoms with Crippen LogP contribution in [0.1, 0.15) is 47.0 Å². The third-order valence-electron chi connectivity index (χ3n) is 4.08. The van der Waals surface area contributed by atoms with E-state index in [1.54, 1.807) is 0 Å². The van der Waals surface area contributed by atoms with Gasteiger partial charge in [-0.05, 0) is 39.3 Å². The van der Waals surface area contributed by atoms with Crippen LogP contribution in [0.2, 0.25) is 0 Å². The predicted octanol–water partition coefficient (Wildman–Crippen LogP) is 2.49. The van der Waals surface area contributed by atoms with Crippen molar-refractivity contribution in [1.82, 2.24) is 10.2 Å². The molecule has 1 aliphatic carbocycles. The Kier molecular flexibility index (Phi) is 5.07. The summed E-state index contributed by atoms with van der Waals surface area (Å²) in [5.74, 6) is 0.748. The van der Waals surface area contributed by atoms with Gasteiger partial charge < -0.3 is 5.32 Å². The lowest BCUT2D eigenvalue weighted by Gasteiger charge is -2.36. The van der Waals surface area contributed by atoms with E-state index in [9.17, 15) is 0 Å². The molecule has 0 heterocycles. The van der Waals surface area contributed by atoms with Gasteiger partial charge in [0, 0.05) is 18.1 Å². The molecule has 1 rings (SSSR count). The summed E-state index contributed by atoms with van der Waals surface area (Å²) >= 11 is 0. The maximum absolute atomic E-state index is 3.63. The zero-order valence-corrected chi connectivity index (χ0v) is 11.1. The van der Waals surface area contributed by atoms with Crippen molar-refractivity contribution in [3.05, 3.63) is 0 Å². The van der Waals surface area contributed by atoms with Crippen LogP contribution in [-0.2, 0) is 0 Å². The predicted molar refractivity (Wildman–Crippen MR) is 67.2 cm³/mol. The second kappa shape index (κ2) is 5.86. The van der Waals surface area contributed by atoms with Gasteiger partial charge in [-0.1, -0.05) is 27.2 Å². The average molecular weight is 212 g/mol. The highest BCUT2D eigenvalue weighted by Gasteiger charge is 2.32. The molecule has 90 valence electrons. The van der Waals surface area contributed by atoms with Gasteiger partial charge >= 0.3 is 0 Å². The molecule has 0 saturated heterocycles. The van der Waals surface area contributed by atoms with Gasteiger partial charge in [0.15, 0.2) is 0 Å². The van der Waals surface area contributed by atoms with Gasteiger partial charge in [0.25, 0.3) is 0 Å². The number of hydrogen-bond acceptors (Lipinski definition) is 2. The third-order valence-corrected chi connectivity index (χ3v) is 4.08. The first-order valence-electron chi connectivity index (χ1n) is 6.53. The molecule has 1 aliphatic rings. The van der Waals surface area contributed by atoms with E-state index in [1.807, 2.05) is 0 Å². The lowest BCUT2D eigenvalue weighted by atomic mass is 10.0. The minimum absolute atomic E-state index is 0.689. The monoisotopic (exact) mass is 212 g/mol. The van der Waals surface area contributed by atoms with E-state index in [2.05, 4.69) is 45.0 Å². The fourth-order valence-corrected chi connectivity index (χ4v) is 2.70. The van der Waals surface area contributed by atoms with Crippen molar-refractivity contribution in [2.75, 3.05) is 13.6 Å². The van der Waals surface area contributed by atoms with Crippen LogP contribution in [0.4, 0.5) is 0 Å². The number of likely N-dealkylation sites (N-methyl/N-ethyl adjacent to an activating group) is 2. The Bertz CT molecular complexity index is 179. The molecule has 15 heavy (non-hydrogen) atoms. The quantitative estimate of drug-likeness (QED) is 0.753. The maximum Gasteiger partial charge on any atom is 0.0249 e. The number of hydrogen-bond donors (Lipinski definition) is 1. The lowest BCUT2D eigenvalue weighted by Crippen LogP contribution is -2.49. The summed E-state index contributed by atoms with van der Waals surface area (Å²) in [5, 5.41) is 3.63. The summed E-state index contributed by atoms with van der Waals surface area (Å²) in [7, 11) is 2.30. The Labute approximate surface area is 95.4 Å². The topological polar surface area (TPSA) is 15.3 Å². The van der Waals surface area contributed by atoms with Crippen molar-refractivity contribution >= 4 is 0 Å². The zero-order valence-electron chi connectivity index (χ0n) is 11.1. The highest BCUT2D eigenvalue weighted by molar-refractivity contribution is 4.91. The van der Waals surface area contributed by atoms with Gasteiger partial charge in [-0.3, -0.25) is 4.90 Å². The van der Waals surface area contributed by atoms with E-state index in [0.29, 0.717) is 6.04 Å². The van der Waals surface area contributed by atoms with Crippen LogP contribution < -0.4 is 5.32 Å². The molecule has 0 amide bonds. The van der Waals surface area contributed by atoms with Gasteiger partial charge in [0.05, 0.1) is 0 Å². The normalized spacial score (nSPS) is 29.0. The Hall–Kier alpha value is -0.0800. The molecule has 2 nitrogen and oxygen atoms in total. The fourth-order valence-electron chi connectivity index (χ4n) is 2.70. The van der Waals surface area contributed by atoms with Crippen molar-refractivity contribution in [2.24, 2.45) is 5.92 Å². The van der Waals surface area contributed by atoms with Crippen molar-refractivity contribution in [2.45, 2.75) is 65.1 Å². The van der Waals surface area contributed by atoms with Crippen LogP contribution in [0.25, 0.3) is 0 Å². The summed E-state index contributed by atoms with van der Waals surface area (Å²) in [6.07, 6.45) is 4.11. The fraction of sp³-hybridized carbons (Fsp3) is 1.00. The van der Waals surface area contributed by atoms with Gasteiger partial charge in [-0.2, -0.15) is 0 Å². The third kappa shape index (κ3) is 3.18. The summed E-state index contributed by atoms with van der Waals surface area (Å²) in [6, 6.07) is 2.16. The number of nitrogens with zero attached hydrogens (tertiary/aromatic N) is 1. The molecule has 0 aliphatic heterocycles. The molecular weight excluding hydrogens is 184 g/mol. The first kappa shape index (κ1) is 13.0. The first-order chi connectivity index (χ1) is 7.07. The molecule has 1 saturated carbocycles. The second-order valence-electron chi connectivity index (χ2n) is 5.31. The lowest BCUT2D eigenvalue weighted by molar-refractivity contribution is 0.131. The van der Waals surface area contributed by atoms with Crippen molar-refractivity contribution in [3.8, 4) is 0 Å². The van der Waals surface area contributed by atoms with E-state index >= 15 is 0 Å². The molecule has 0 aromatic carbocycles. The molecule has 0 bridgehead atoms. The highest BCUT2D eigenvalue weighted by atomic mass is 15.2. The maximum atomic E-state index is 3.63. The second-order valence-corrected chi connectivity index (χ2v) is 5.31. The van der Waals surface area contributed by atoms with Crippen LogP contribution in [0, 0.1) is 5.92 Å². The smallest absolute Gasteiger partial charge is 0.0249 e. The molecule has 0 aromatic heterocycles. The first-order valence-corrected chi connectivity index (χ1v) is 6.53. The molecular formula is C13H28N2. The Morgan fingerprint density at radius 3 is 2.47 bits per heavy atom. The van der Waals surface area contributed by atoms with Gasteiger partial charge in [0.2, 0.25) is 0 Å². The number of rotatable bonds is 5. The summed E-state index contributed by atoms with van der Waals surface area (Å²) in [4.78, 5) is 2.59. The standard InChI is InChI=1S/C13H28N2/c1-6-14-12-8-7-9-13(12)15(5)11(4)10(2)3/h10-14H,6-9H2,1-5H3. The largest absolute Gasteiger partial charge is 0.313 e. The van der Waals surface area contributed by atoms with Crippen LogP contribution in [0.15, 0.2) is 0 Å². The molecule has 0 radical (unpaired) electrons. The Balaban J connectivity index is 2.53. The Morgan fingerprint density at radius 2 is 1.93 bits per heavy atom. The van der Waals surface area contributed by atoms with Gasteiger partial charge in [0.1, 0.15) is 0 Å². The van der Waals surface area contributed by atoms with Crippen LogP contribution in [-0.4, -0.2) is 36.6 Å². The van der Waals surface area contributed by atoms with Crippen molar-refractivity contribution in [1.29, 1.82) is 0 Å². The Morgan fingerprint density at radius 1 is 1.27 bits per heavy atom. The molecule has 2 heteroatoms.